The minimum absolute atomic E-state index is 0.0100. The van der Waals surface area contributed by atoms with E-state index in [1.54, 1.807) is 0 Å². The summed E-state index contributed by atoms with van der Waals surface area (Å²) in [7, 11) is 0. The zero-order chi connectivity index (χ0) is 25.0. The van der Waals surface area contributed by atoms with E-state index < -0.39 is 18.4 Å². The van der Waals surface area contributed by atoms with Crippen LogP contribution in [0.15, 0.2) is 20.7 Å². The van der Waals surface area contributed by atoms with Crippen molar-refractivity contribution in [2.24, 2.45) is 0 Å². The molecule has 0 atom stereocenters. The number of unbranched alkanes of at least 4 members (excludes halogenated alkanes) is 4. The van der Waals surface area contributed by atoms with E-state index in [2.05, 4.69) is 27.7 Å². The van der Waals surface area contributed by atoms with Crippen molar-refractivity contribution in [1.82, 2.24) is 0 Å². The van der Waals surface area contributed by atoms with Crippen molar-refractivity contribution in [3.63, 3.8) is 0 Å². The Morgan fingerprint density at radius 3 is 1.39 bits per heavy atom. The predicted molar refractivity (Wildman–Crippen MR) is 141 cm³/mol. The van der Waals surface area contributed by atoms with E-state index in [4.69, 9.17) is 9.47 Å². The van der Waals surface area contributed by atoms with Gasteiger partial charge in [-0.3, -0.25) is 0 Å². The van der Waals surface area contributed by atoms with E-state index in [0.717, 1.165) is 73.8 Å². The minimum atomic E-state index is -3.19. The Labute approximate surface area is 207 Å². The first kappa shape index (κ1) is 30.2. The van der Waals surface area contributed by atoms with Crippen LogP contribution in [0.1, 0.15) is 113 Å². The monoisotopic (exact) mass is 570 g/mol. The van der Waals surface area contributed by atoms with Crippen LogP contribution in [0.25, 0.3) is 0 Å². The Hall–Kier alpha value is -0.781. The van der Waals surface area contributed by atoms with Gasteiger partial charge in [0.15, 0.2) is 0 Å². The summed E-state index contributed by atoms with van der Waals surface area (Å²) in [5.74, 6) is 0.252. The molecule has 190 valence electrons. The van der Waals surface area contributed by atoms with Crippen LogP contribution in [0.3, 0.4) is 0 Å². The number of allylic oxidation sites excluding steroid dienone is 2. The van der Waals surface area contributed by atoms with Crippen LogP contribution >= 0.6 is 0 Å². The average molecular weight is 569 g/mol. The van der Waals surface area contributed by atoms with Gasteiger partial charge in [0, 0.05) is 0 Å². The molecule has 0 fully saturated rings. The van der Waals surface area contributed by atoms with Crippen molar-refractivity contribution in [1.29, 1.82) is 0 Å². The molecule has 0 heterocycles. The molecule has 0 aromatic carbocycles. The van der Waals surface area contributed by atoms with Gasteiger partial charge < -0.3 is 0 Å². The van der Waals surface area contributed by atoms with Crippen molar-refractivity contribution in [2.75, 3.05) is 0 Å². The number of Topliss-reactive ketones (excluding diaryl/α,β-unsaturated/α-hetero) is 2. The molecule has 0 bridgehead atoms. The molecular formula is C28H50O4Sn. The summed E-state index contributed by atoms with van der Waals surface area (Å²) in [6.07, 6.45) is 9.05. The summed E-state index contributed by atoms with van der Waals surface area (Å²) in [6.45, 7) is 16.5. The Kier molecular flexibility index (Phi) is 14.0. The molecule has 0 aromatic rings. The molecular weight excluding hydrogens is 519 g/mol. The Morgan fingerprint density at radius 1 is 0.636 bits per heavy atom. The van der Waals surface area contributed by atoms with E-state index in [1.807, 2.05) is 27.7 Å². The first-order valence-corrected chi connectivity index (χ1v) is 21.1. The molecule has 0 saturated heterocycles. The van der Waals surface area contributed by atoms with Gasteiger partial charge in [0.1, 0.15) is 0 Å². The van der Waals surface area contributed by atoms with Crippen LogP contribution in [-0.2, 0) is 19.1 Å². The molecule has 0 saturated carbocycles. The van der Waals surface area contributed by atoms with Gasteiger partial charge in [-0.15, -0.1) is 0 Å². The number of rotatable bonds is 17. The van der Waals surface area contributed by atoms with Gasteiger partial charge in [-0.05, 0) is 0 Å². The molecule has 0 spiro atoms. The summed E-state index contributed by atoms with van der Waals surface area (Å²) in [5.41, 5.74) is 0.785. The van der Waals surface area contributed by atoms with E-state index in [9.17, 15) is 9.59 Å². The zero-order valence-electron chi connectivity index (χ0n) is 22.8. The maximum atomic E-state index is 14.3. The van der Waals surface area contributed by atoms with E-state index in [0.29, 0.717) is 6.42 Å². The number of carbonyl (C=O) groups is 2. The summed E-state index contributed by atoms with van der Waals surface area (Å²) in [4.78, 5) is 28.2. The van der Waals surface area contributed by atoms with Crippen molar-refractivity contribution >= 4 is 29.9 Å². The fourth-order valence-corrected chi connectivity index (χ4v) is 22.2. The van der Waals surface area contributed by atoms with Crippen LogP contribution in [0, 0.1) is 0 Å². The first-order chi connectivity index (χ1) is 15.7. The molecule has 0 aliphatic heterocycles. The quantitative estimate of drug-likeness (QED) is 0.131. The summed E-state index contributed by atoms with van der Waals surface area (Å²) < 4.78 is 16.5. The number of ether oxygens (including phenoxy) is 2. The summed E-state index contributed by atoms with van der Waals surface area (Å²) >= 11 is -3.19. The molecule has 0 amide bonds. The van der Waals surface area contributed by atoms with Crippen molar-refractivity contribution in [3.8, 4) is 0 Å². The second kappa shape index (κ2) is 15.3. The summed E-state index contributed by atoms with van der Waals surface area (Å²) in [6, 6.07) is 0. The predicted octanol–water partition coefficient (Wildman–Crippen LogP) is 8.07. The van der Waals surface area contributed by atoms with E-state index in [-0.39, 0.29) is 35.3 Å². The molecule has 4 nitrogen and oxygen atoms in total. The van der Waals surface area contributed by atoms with Crippen LogP contribution in [-0.4, -0.2) is 42.2 Å². The molecule has 33 heavy (non-hydrogen) atoms. The first-order valence-electron chi connectivity index (χ1n) is 13.6. The standard InChI is InChI=1S/C16H23O4.3C4H9.Sn/c1-6-7-8-12-9-13(17)15(19-10(2)3)16(14(12)18)20-11(4)5;3*1-3-4-2;/h10-11H,6-8H2,1-5H3;3*1,3-4H2,2H3;. The average Bonchev–Trinajstić information content (AvgIpc) is 2.77. The SMILES string of the molecule is CCCCC1=[C]([Sn]([CH2]CCC)([CH2]CCC)[CH2]CCC)C(=O)C(OC(C)C)=C(OC(C)C)C1=O. The van der Waals surface area contributed by atoms with Gasteiger partial charge >= 0.3 is 208 Å². The zero-order valence-corrected chi connectivity index (χ0v) is 25.6. The number of hydrogen-bond acceptors (Lipinski definition) is 4. The third kappa shape index (κ3) is 8.43. The molecule has 5 heteroatoms. The Bertz CT molecular complexity index is 681. The normalized spacial score (nSPS) is 15.3. The number of carbonyl (C=O) groups excluding carboxylic acids is 2. The molecule has 1 rings (SSSR count). The fraction of sp³-hybridized carbons (Fsp3) is 0.786. The molecule has 0 unspecified atom stereocenters. The van der Waals surface area contributed by atoms with Crippen LogP contribution < -0.4 is 0 Å². The third-order valence-corrected chi connectivity index (χ3v) is 22.2. The number of ketones is 2. The second-order valence-electron chi connectivity index (χ2n) is 10.2. The van der Waals surface area contributed by atoms with Crippen LogP contribution in [0.4, 0.5) is 0 Å². The summed E-state index contributed by atoms with van der Waals surface area (Å²) in [5, 5.41) is 0. The molecule has 0 radical (unpaired) electrons. The van der Waals surface area contributed by atoms with Crippen molar-refractivity contribution in [3.05, 3.63) is 20.7 Å². The Morgan fingerprint density at radius 2 is 1.03 bits per heavy atom. The Balaban J connectivity index is 3.81. The number of hydrogen-bond donors (Lipinski definition) is 0. The van der Waals surface area contributed by atoms with Crippen LogP contribution in [0.5, 0.6) is 0 Å². The molecule has 0 aromatic heterocycles. The molecule has 1 aliphatic carbocycles. The van der Waals surface area contributed by atoms with E-state index in [1.165, 1.54) is 0 Å². The second-order valence-corrected chi connectivity index (χ2v) is 23.2. The van der Waals surface area contributed by atoms with Gasteiger partial charge in [0.2, 0.25) is 0 Å². The molecule has 0 N–H and O–H groups in total. The van der Waals surface area contributed by atoms with Crippen LogP contribution in [0.2, 0.25) is 13.3 Å². The van der Waals surface area contributed by atoms with Gasteiger partial charge in [-0.2, -0.15) is 0 Å². The van der Waals surface area contributed by atoms with Crippen molar-refractivity contribution in [2.45, 2.75) is 139 Å². The van der Waals surface area contributed by atoms with Gasteiger partial charge in [0.25, 0.3) is 0 Å². The topological polar surface area (TPSA) is 52.6 Å². The van der Waals surface area contributed by atoms with Gasteiger partial charge in [0.05, 0.1) is 0 Å². The van der Waals surface area contributed by atoms with Gasteiger partial charge in [-0.1, -0.05) is 0 Å². The third-order valence-electron chi connectivity index (χ3n) is 6.47. The fourth-order valence-electron chi connectivity index (χ4n) is 4.84. The van der Waals surface area contributed by atoms with Crippen molar-refractivity contribution < 1.29 is 19.1 Å². The van der Waals surface area contributed by atoms with Gasteiger partial charge in [-0.25, -0.2) is 0 Å². The maximum absolute atomic E-state index is 14.3. The van der Waals surface area contributed by atoms with E-state index >= 15 is 0 Å². The molecule has 1 aliphatic rings.